The number of carbonyl (C=O) groups is 2. The second-order valence-corrected chi connectivity index (χ2v) is 5.94. The Morgan fingerprint density at radius 3 is 2.26 bits per heavy atom. The number of aliphatic hydroxyl groups is 1. The van der Waals surface area contributed by atoms with E-state index in [-0.39, 0.29) is 23.7 Å². The smallest absolute Gasteiger partial charge is 0.225 e. The Kier molecular flexibility index (Phi) is 4.45. The van der Waals surface area contributed by atoms with Crippen molar-refractivity contribution in [1.29, 1.82) is 0 Å². The lowest BCUT2D eigenvalue weighted by Gasteiger charge is -2.33. The van der Waals surface area contributed by atoms with Crippen molar-refractivity contribution in [2.75, 3.05) is 26.7 Å². The van der Waals surface area contributed by atoms with Gasteiger partial charge in [-0.2, -0.15) is 0 Å². The first-order valence-electron chi connectivity index (χ1n) is 7.21. The van der Waals surface area contributed by atoms with E-state index in [4.69, 9.17) is 0 Å². The lowest BCUT2D eigenvalue weighted by molar-refractivity contribution is -0.141. The lowest BCUT2D eigenvalue weighted by Crippen LogP contribution is -2.45. The Morgan fingerprint density at radius 2 is 1.79 bits per heavy atom. The molecule has 1 aliphatic heterocycles. The number of piperidine rings is 1. The van der Waals surface area contributed by atoms with Crippen molar-refractivity contribution >= 4 is 11.8 Å². The lowest BCUT2D eigenvalue weighted by atomic mass is 9.95. The summed E-state index contributed by atoms with van der Waals surface area (Å²) in [5, 5.41) is 9.31. The fourth-order valence-corrected chi connectivity index (χ4v) is 2.73. The van der Waals surface area contributed by atoms with Crippen LogP contribution in [0.25, 0.3) is 0 Å². The Balaban J connectivity index is 1.78. The van der Waals surface area contributed by atoms with Crippen molar-refractivity contribution in [1.82, 2.24) is 9.80 Å². The van der Waals surface area contributed by atoms with Crippen LogP contribution in [-0.4, -0.2) is 59.5 Å². The van der Waals surface area contributed by atoms with Gasteiger partial charge in [0.1, 0.15) is 0 Å². The summed E-state index contributed by atoms with van der Waals surface area (Å²) in [5.41, 5.74) is 0. The van der Waals surface area contributed by atoms with Gasteiger partial charge >= 0.3 is 0 Å². The van der Waals surface area contributed by atoms with Crippen LogP contribution in [0.15, 0.2) is 0 Å². The SMILES string of the molecule is CC(O)CN(C)C(=O)C1CCN(C(=O)C2CC2)CC1. The van der Waals surface area contributed by atoms with Crippen LogP contribution in [0, 0.1) is 11.8 Å². The van der Waals surface area contributed by atoms with Gasteiger partial charge in [-0.15, -0.1) is 0 Å². The first-order chi connectivity index (χ1) is 8.99. The molecule has 2 fully saturated rings. The minimum Gasteiger partial charge on any atom is -0.392 e. The first-order valence-corrected chi connectivity index (χ1v) is 7.21. The summed E-state index contributed by atoms with van der Waals surface area (Å²) >= 11 is 0. The van der Waals surface area contributed by atoms with Crippen molar-refractivity contribution in [2.24, 2.45) is 11.8 Å². The van der Waals surface area contributed by atoms with Gasteiger partial charge in [-0.1, -0.05) is 0 Å². The van der Waals surface area contributed by atoms with Crippen LogP contribution in [0.1, 0.15) is 32.6 Å². The average Bonchev–Trinajstić information content (AvgIpc) is 3.20. The molecule has 2 rings (SSSR count). The molecule has 0 spiro atoms. The van der Waals surface area contributed by atoms with E-state index in [0.717, 1.165) is 25.7 Å². The molecule has 1 unspecified atom stereocenters. The molecule has 108 valence electrons. The summed E-state index contributed by atoms with van der Waals surface area (Å²) in [5.74, 6) is 0.653. The van der Waals surface area contributed by atoms with Crippen LogP contribution < -0.4 is 0 Å². The molecule has 0 radical (unpaired) electrons. The number of amides is 2. The van der Waals surface area contributed by atoms with Gasteiger partial charge < -0.3 is 14.9 Å². The van der Waals surface area contributed by atoms with E-state index in [1.54, 1.807) is 18.9 Å². The summed E-state index contributed by atoms with van der Waals surface area (Å²) in [4.78, 5) is 27.6. The number of carbonyl (C=O) groups excluding carboxylic acids is 2. The zero-order valence-electron chi connectivity index (χ0n) is 11.8. The van der Waals surface area contributed by atoms with Crippen LogP contribution >= 0.6 is 0 Å². The van der Waals surface area contributed by atoms with E-state index in [9.17, 15) is 14.7 Å². The van der Waals surface area contributed by atoms with E-state index >= 15 is 0 Å². The normalized spacial score (nSPS) is 22.2. The summed E-state index contributed by atoms with van der Waals surface area (Å²) in [6.45, 7) is 3.46. The standard InChI is InChI=1S/C14H24N2O3/c1-10(17)9-15(2)13(18)12-5-7-16(8-6-12)14(19)11-3-4-11/h10-12,17H,3-9H2,1-2H3. The maximum atomic E-state index is 12.2. The summed E-state index contributed by atoms with van der Waals surface area (Å²) in [7, 11) is 1.73. The molecule has 1 saturated heterocycles. The molecular weight excluding hydrogens is 244 g/mol. The third-order valence-electron chi connectivity index (χ3n) is 4.00. The molecule has 1 atom stereocenters. The Morgan fingerprint density at radius 1 is 1.21 bits per heavy atom. The Labute approximate surface area is 114 Å². The average molecular weight is 268 g/mol. The maximum absolute atomic E-state index is 12.2. The van der Waals surface area contributed by atoms with E-state index < -0.39 is 6.10 Å². The van der Waals surface area contributed by atoms with E-state index in [2.05, 4.69) is 0 Å². The number of likely N-dealkylation sites (tertiary alicyclic amines) is 1. The molecule has 5 nitrogen and oxygen atoms in total. The van der Waals surface area contributed by atoms with E-state index in [1.165, 1.54) is 0 Å². The Hall–Kier alpha value is -1.10. The van der Waals surface area contributed by atoms with Crippen LogP contribution in [0.3, 0.4) is 0 Å². The minimum absolute atomic E-state index is 0.00648. The predicted molar refractivity (Wildman–Crippen MR) is 71.3 cm³/mol. The molecule has 0 bridgehead atoms. The second-order valence-electron chi connectivity index (χ2n) is 5.94. The molecule has 0 aromatic rings. The second kappa shape index (κ2) is 5.90. The van der Waals surface area contributed by atoms with Gasteiger partial charge in [0.05, 0.1) is 6.10 Å². The number of likely N-dealkylation sites (N-methyl/N-ethyl adjacent to an activating group) is 1. The summed E-state index contributed by atoms with van der Waals surface area (Å²) in [6.07, 6.45) is 3.08. The highest BCUT2D eigenvalue weighted by Gasteiger charge is 2.36. The van der Waals surface area contributed by atoms with Gasteiger partial charge in [-0.25, -0.2) is 0 Å². The molecule has 2 aliphatic rings. The first kappa shape index (κ1) is 14.3. The quantitative estimate of drug-likeness (QED) is 0.806. The molecule has 2 amide bonds. The number of rotatable bonds is 4. The van der Waals surface area contributed by atoms with E-state index in [0.29, 0.717) is 19.6 Å². The monoisotopic (exact) mass is 268 g/mol. The molecule has 0 aromatic carbocycles. The van der Waals surface area contributed by atoms with Crippen molar-refractivity contribution in [3.63, 3.8) is 0 Å². The van der Waals surface area contributed by atoms with Crippen LogP contribution in [0.5, 0.6) is 0 Å². The number of hydrogen-bond donors (Lipinski definition) is 1. The third kappa shape index (κ3) is 3.69. The number of aliphatic hydroxyl groups excluding tert-OH is 1. The van der Waals surface area contributed by atoms with Crippen LogP contribution in [-0.2, 0) is 9.59 Å². The van der Waals surface area contributed by atoms with Crippen molar-refractivity contribution < 1.29 is 14.7 Å². The number of hydrogen-bond acceptors (Lipinski definition) is 3. The van der Waals surface area contributed by atoms with Gasteiger partial charge in [0.25, 0.3) is 0 Å². The molecule has 1 N–H and O–H groups in total. The Bertz CT molecular complexity index is 345. The molecule has 5 heteroatoms. The summed E-state index contributed by atoms with van der Waals surface area (Å²) in [6, 6.07) is 0. The highest BCUT2D eigenvalue weighted by Crippen LogP contribution is 2.32. The zero-order chi connectivity index (χ0) is 14.0. The van der Waals surface area contributed by atoms with Gasteiger partial charge in [0, 0.05) is 38.5 Å². The molecular formula is C14H24N2O3. The largest absolute Gasteiger partial charge is 0.392 e. The molecule has 0 aromatic heterocycles. The van der Waals surface area contributed by atoms with Crippen molar-refractivity contribution in [3.8, 4) is 0 Å². The summed E-state index contributed by atoms with van der Waals surface area (Å²) < 4.78 is 0. The van der Waals surface area contributed by atoms with Crippen LogP contribution in [0.2, 0.25) is 0 Å². The molecule has 19 heavy (non-hydrogen) atoms. The van der Waals surface area contributed by atoms with E-state index in [1.807, 2.05) is 4.90 Å². The maximum Gasteiger partial charge on any atom is 0.225 e. The predicted octanol–water partition coefficient (Wildman–Crippen LogP) is 0.474. The van der Waals surface area contributed by atoms with Gasteiger partial charge in [0.15, 0.2) is 0 Å². The fraction of sp³-hybridized carbons (Fsp3) is 0.857. The highest BCUT2D eigenvalue weighted by atomic mass is 16.3. The van der Waals surface area contributed by atoms with Crippen molar-refractivity contribution in [2.45, 2.75) is 38.7 Å². The molecule has 1 heterocycles. The third-order valence-corrected chi connectivity index (χ3v) is 4.00. The van der Waals surface area contributed by atoms with Gasteiger partial charge in [-0.3, -0.25) is 9.59 Å². The molecule has 1 aliphatic carbocycles. The number of nitrogens with zero attached hydrogens (tertiary/aromatic N) is 2. The van der Waals surface area contributed by atoms with Crippen LogP contribution in [0.4, 0.5) is 0 Å². The topological polar surface area (TPSA) is 60.9 Å². The van der Waals surface area contributed by atoms with Crippen molar-refractivity contribution in [3.05, 3.63) is 0 Å². The van der Waals surface area contributed by atoms with Gasteiger partial charge in [-0.05, 0) is 32.6 Å². The molecule has 1 saturated carbocycles. The minimum atomic E-state index is -0.495. The zero-order valence-corrected chi connectivity index (χ0v) is 11.8. The highest BCUT2D eigenvalue weighted by molar-refractivity contribution is 5.82. The fourth-order valence-electron chi connectivity index (χ4n) is 2.73. The van der Waals surface area contributed by atoms with Gasteiger partial charge in [0.2, 0.25) is 11.8 Å².